The molecule has 0 heterocycles. The van der Waals surface area contributed by atoms with Gasteiger partial charge in [-0.1, -0.05) is 40.5 Å². The van der Waals surface area contributed by atoms with Crippen LogP contribution in [0.2, 0.25) is 0 Å². The van der Waals surface area contributed by atoms with Crippen LogP contribution in [0.5, 0.6) is 0 Å². The van der Waals surface area contributed by atoms with E-state index in [9.17, 15) is 0 Å². The lowest BCUT2D eigenvalue weighted by atomic mass is 9.92. The van der Waals surface area contributed by atoms with Gasteiger partial charge in [-0.15, -0.1) is 0 Å². The van der Waals surface area contributed by atoms with Crippen LogP contribution in [0.4, 0.5) is 0 Å². The maximum absolute atomic E-state index is 2.49. The van der Waals surface area contributed by atoms with Gasteiger partial charge in [0, 0.05) is 6.04 Å². The second-order valence-corrected chi connectivity index (χ2v) is 5.45. The van der Waals surface area contributed by atoms with E-state index in [1.807, 2.05) is 0 Å². The van der Waals surface area contributed by atoms with Crippen molar-refractivity contribution in [2.24, 2.45) is 11.8 Å². The zero-order valence-electron chi connectivity index (χ0n) is 11.7. The number of unbranched alkanes of at least 4 members (excludes halogenated alkanes) is 1. The van der Waals surface area contributed by atoms with Crippen molar-refractivity contribution in [2.75, 3.05) is 13.6 Å². The Balaban J connectivity index is 3.46. The Morgan fingerprint density at radius 1 is 1.00 bits per heavy atom. The summed E-state index contributed by atoms with van der Waals surface area (Å²) in [5.74, 6) is 1.73. The van der Waals surface area contributed by atoms with Gasteiger partial charge in [0.25, 0.3) is 0 Å². The molecule has 0 aromatic heterocycles. The predicted molar refractivity (Wildman–Crippen MR) is 70.2 cm³/mol. The molecule has 0 aliphatic heterocycles. The van der Waals surface area contributed by atoms with Crippen molar-refractivity contribution in [2.45, 2.75) is 66.3 Å². The lowest BCUT2D eigenvalue weighted by Gasteiger charge is -2.23. The van der Waals surface area contributed by atoms with Gasteiger partial charge in [-0.25, -0.2) is 0 Å². The molecule has 0 aromatic carbocycles. The molecule has 0 radical (unpaired) electrons. The summed E-state index contributed by atoms with van der Waals surface area (Å²) in [7, 11) is 2.25. The van der Waals surface area contributed by atoms with Crippen LogP contribution in [0.25, 0.3) is 0 Å². The average molecular weight is 213 g/mol. The normalized spacial score (nSPS) is 16.0. The molecule has 0 fully saturated rings. The highest BCUT2D eigenvalue weighted by Crippen LogP contribution is 2.17. The highest BCUT2D eigenvalue weighted by atomic mass is 15.1. The first-order valence-electron chi connectivity index (χ1n) is 6.69. The molecular weight excluding hydrogens is 182 g/mol. The summed E-state index contributed by atoms with van der Waals surface area (Å²) in [4.78, 5) is 2.49. The summed E-state index contributed by atoms with van der Waals surface area (Å²) in [5, 5.41) is 0. The Bertz CT molecular complexity index is 142. The largest absolute Gasteiger partial charge is 0.304 e. The minimum absolute atomic E-state index is 0.743. The summed E-state index contributed by atoms with van der Waals surface area (Å²) >= 11 is 0. The molecule has 0 saturated heterocycles. The van der Waals surface area contributed by atoms with Gasteiger partial charge in [-0.05, 0) is 45.2 Å². The van der Waals surface area contributed by atoms with Gasteiger partial charge >= 0.3 is 0 Å². The van der Waals surface area contributed by atoms with Crippen molar-refractivity contribution in [3.05, 3.63) is 0 Å². The van der Waals surface area contributed by atoms with E-state index in [2.05, 4.69) is 46.6 Å². The molecule has 2 atom stereocenters. The highest BCUT2D eigenvalue weighted by molar-refractivity contribution is 4.62. The average Bonchev–Trinajstić information content (AvgIpc) is 2.22. The second-order valence-electron chi connectivity index (χ2n) is 5.45. The Morgan fingerprint density at radius 3 is 2.07 bits per heavy atom. The van der Waals surface area contributed by atoms with Crippen LogP contribution >= 0.6 is 0 Å². The lowest BCUT2D eigenvalue weighted by molar-refractivity contribution is 0.242. The topological polar surface area (TPSA) is 3.24 Å². The van der Waals surface area contributed by atoms with E-state index in [0.29, 0.717) is 0 Å². The van der Waals surface area contributed by atoms with Crippen LogP contribution in [-0.4, -0.2) is 24.5 Å². The SMILES string of the molecule is CCC(C)N(C)CCCC[C@@H](C)C(C)C. The fraction of sp³-hybridized carbons (Fsp3) is 1.00. The van der Waals surface area contributed by atoms with Crippen LogP contribution in [0.3, 0.4) is 0 Å². The molecule has 0 bridgehead atoms. The second kappa shape index (κ2) is 8.15. The fourth-order valence-electron chi connectivity index (χ4n) is 1.69. The first-order chi connectivity index (χ1) is 6.99. The van der Waals surface area contributed by atoms with Crippen LogP contribution in [0, 0.1) is 11.8 Å². The van der Waals surface area contributed by atoms with Gasteiger partial charge in [0.15, 0.2) is 0 Å². The molecule has 0 amide bonds. The number of nitrogens with zero attached hydrogens (tertiary/aromatic N) is 1. The van der Waals surface area contributed by atoms with Gasteiger partial charge < -0.3 is 4.90 Å². The third kappa shape index (κ3) is 6.94. The molecular formula is C14H31N. The molecule has 0 rings (SSSR count). The van der Waals surface area contributed by atoms with Crippen molar-refractivity contribution in [3.8, 4) is 0 Å². The Hall–Kier alpha value is -0.0400. The van der Waals surface area contributed by atoms with Crippen LogP contribution < -0.4 is 0 Å². The third-order valence-corrected chi connectivity index (χ3v) is 3.90. The molecule has 1 unspecified atom stereocenters. The number of rotatable bonds is 8. The molecule has 0 N–H and O–H groups in total. The van der Waals surface area contributed by atoms with E-state index in [-0.39, 0.29) is 0 Å². The van der Waals surface area contributed by atoms with E-state index in [0.717, 1.165) is 17.9 Å². The quantitative estimate of drug-likeness (QED) is 0.547. The molecule has 92 valence electrons. The van der Waals surface area contributed by atoms with Crippen LogP contribution in [-0.2, 0) is 0 Å². The summed E-state index contributed by atoms with van der Waals surface area (Å²) < 4.78 is 0. The van der Waals surface area contributed by atoms with Crippen molar-refractivity contribution >= 4 is 0 Å². The third-order valence-electron chi connectivity index (χ3n) is 3.90. The first kappa shape index (κ1) is 15.0. The smallest absolute Gasteiger partial charge is 0.00612 e. The lowest BCUT2D eigenvalue weighted by Crippen LogP contribution is -2.29. The number of hydrogen-bond acceptors (Lipinski definition) is 1. The molecule has 0 saturated carbocycles. The summed E-state index contributed by atoms with van der Waals surface area (Å²) in [6.45, 7) is 12.9. The maximum Gasteiger partial charge on any atom is 0.00612 e. The monoisotopic (exact) mass is 213 g/mol. The van der Waals surface area contributed by atoms with Gasteiger partial charge in [0.1, 0.15) is 0 Å². The van der Waals surface area contributed by atoms with E-state index in [1.54, 1.807) is 0 Å². The van der Waals surface area contributed by atoms with Gasteiger partial charge in [0.2, 0.25) is 0 Å². The standard InChI is InChI=1S/C14H31N/c1-7-14(5)15(6)11-9-8-10-13(4)12(2)3/h12-14H,7-11H2,1-6H3/t13-,14?/m1/s1. The van der Waals surface area contributed by atoms with E-state index in [1.165, 1.54) is 32.2 Å². The van der Waals surface area contributed by atoms with E-state index < -0.39 is 0 Å². The zero-order valence-corrected chi connectivity index (χ0v) is 11.7. The van der Waals surface area contributed by atoms with Crippen molar-refractivity contribution in [1.29, 1.82) is 0 Å². The summed E-state index contributed by atoms with van der Waals surface area (Å²) in [6, 6.07) is 0.743. The molecule has 1 nitrogen and oxygen atoms in total. The van der Waals surface area contributed by atoms with Crippen LogP contribution in [0.15, 0.2) is 0 Å². The van der Waals surface area contributed by atoms with Crippen molar-refractivity contribution in [3.63, 3.8) is 0 Å². The van der Waals surface area contributed by atoms with Gasteiger partial charge in [0.05, 0.1) is 0 Å². The van der Waals surface area contributed by atoms with Gasteiger partial charge in [-0.2, -0.15) is 0 Å². The van der Waals surface area contributed by atoms with Crippen molar-refractivity contribution in [1.82, 2.24) is 4.90 Å². The maximum atomic E-state index is 2.49. The molecule has 15 heavy (non-hydrogen) atoms. The Kier molecular flexibility index (Phi) is 8.13. The fourth-order valence-corrected chi connectivity index (χ4v) is 1.69. The molecule has 0 aromatic rings. The Morgan fingerprint density at radius 2 is 1.60 bits per heavy atom. The minimum atomic E-state index is 0.743. The zero-order chi connectivity index (χ0) is 11.8. The highest BCUT2D eigenvalue weighted by Gasteiger charge is 2.08. The minimum Gasteiger partial charge on any atom is -0.304 e. The first-order valence-corrected chi connectivity index (χ1v) is 6.69. The molecule has 1 heteroatoms. The molecule has 0 spiro atoms. The summed E-state index contributed by atoms with van der Waals surface area (Å²) in [6.07, 6.45) is 5.41. The predicted octanol–water partition coefficient (Wildman–Crippen LogP) is 4.18. The van der Waals surface area contributed by atoms with Crippen LogP contribution in [0.1, 0.15) is 60.3 Å². The van der Waals surface area contributed by atoms with E-state index in [4.69, 9.17) is 0 Å². The molecule has 0 aliphatic carbocycles. The Labute approximate surface area is 97.2 Å². The molecule has 0 aliphatic rings. The van der Waals surface area contributed by atoms with Crippen molar-refractivity contribution < 1.29 is 0 Å². The van der Waals surface area contributed by atoms with Gasteiger partial charge in [-0.3, -0.25) is 0 Å². The summed E-state index contributed by atoms with van der Waals surface area (Å²) in [5.41, 5.74) is 0. The number of hydrogen-bond donors (Lipinski definition) is 0. The van der Waals surface area contributed by atoms with E-state index >= 15 is 0 Å².